The van der Waals surface area contributed by atoms with Crippen molar-refractivity contribution in [3.63, 3.8) is 0 Å². The highest BCUT2D eigenvalue weighted by Crippen LogP contribution is 2.27. The summed E-state index contributed by atoms with van der Waals surface area (Å²) in [6.45, 7) is 2.11. The lowest BCUT2D eigenvalue weighted by atomic mass is 10.2. The van der Waals surface area contributed by atoms with Gasteiger partial charge in [0.1, 0.15) is 17.7 Å². The van der Waals surface area contributed by atoms with Gasteiger partial charge < -0.3 is 19.5 Å². The summed E-state index contributed by atoms with van der Waals surface area (Å²) in [5.74, 6) is -0.372. The molecule has 1 amide bonds. The highest BCUT2D eigenvalue weighted by Gasteiger charge is 2.15. The van der Waals surface area contributed by atoms with Crippen molar-refractivity contribution in [1.29, 1.82) is 0 Å². The Labute approximate surface area is 171 Å². The van der Waals surface area contributed by atoms with Gasteiger partial charge in [0.15, 0.2) is 5.82 Å². The SMILES string of the molecule is COC[C@@H](C)Oc1cc(C(=O)Nc2cc[nH]n2)cc(Oc2cc(F)cc(Cl)c2)n1. The molecule has 29 heavy (non-hydrogen) atoms. The minimum Gasteiger partial charge on any atom is -0.472 e. The van der Waals surface area contributed by atoms with Crippen LogP contribution in [0.3, 0.4) is 0 Å². The van der Waals surface area contributed by atoms with Crippen LogP contribution in [0.2, 0.25) is 5.02 Å². The monoisotopic (exact) mass is 420 g/mol. The van der Waals surface area contributed by atoms with Gasteiger partial charge in [0.2, 0.25) is 11.8 Å². The van der Waals surface area contributed by atoms with Crippen molar-refractivity contribution in [2.45, 2.75) is 13.0 Å². The fourth-order valence-electron chi connectivity index (χ4n) is 2.43. The molecule has 2 heterocycles. The number of aromatic amines is 1. The molecule has 10 heteroatoms. The molecule has 0 saturated heterocycles. The molecule has 1 atom stereocenters. The highest BCUT2D eigenvalue weighted by atomic mass is 35.5. The number of anilines is 1. The molecular formula is C19H18ClFN4O4. The zero-order chi connectivity index (χ0) is 20.8. The van der Waals surface area contributed by atoms with Crippen molar-refractivity contribution in [3.8, 4) is 17.5 Å². The number of nitrogens with one attached hydrogen (secondary N) is 2. The van der Waals surface area contributed by atoms with E-state index in [-0.39, 0.29) is 34.2 Å². The molecule has 1 aromatic carbocycles. The van der Waals surface area contributed by atoms with Crippen molar-refractivity contribution in [2.24, 2.45) is 0 Å². The smallest absolute Gasteiger partial charge is 0.257 e. The molecule has 2 N–H and O–H groups in total. The Bertz CT molecular complexity index is 964. The molecule has 0 unspecified atom stereocenters. The maximum atomic E-state index is 13.6. The maximum Gasteiger partial charge on any atom is 0.257 e. The van der Waals surface area contributed by atoms with Crippen LogP contribution in [0.15, 0.2) is 42.6 Å². The van der Waals surface area contributed by atoms with Crippen LogP contribution in [0.5, 0.6) is 17.5 Å². The van der Waals surface area contributed by atoms with E-state index in [2.05, 4.69) is 20.5 Å². The van der Waals surface area contributed by atoms with E-state index in [1.807, 2.05) is 0 Å². The van der Waals surface area contributed by atoms with Crippen LogP contribution >= 0.6 is 11.6 Å². The molecule has 2 aromatic heterocycles. The Morgan fingerprint density at radius 3 is 2.76 bits per heavy atom. The maximum absolute atomic E-state index is 13.6. The van der Waals surface area contributed by atoms with E-state index in [1.165, 1.54) is 18.2 Å². The van der Waals surface area contributed by atoms with E-state index in [4.69, 9.17) is 25.8 Å². The van der Waals surface area contributed by atoms with Crippen molar-refractivity contribution < 1.29 is 23.4 Å². The third kappa shape index (κ3) is 5.90. The Morgan fingerprint density at radius 2 is 2.07 bits per heavy atom. The minimum atomic E-state index is -0.565. The normalized spacial score (nSPS) is 11.7. The van der Waals surface area contributed by atoms with E-state index in [0.717, 1.165) is 12.1 Å². The molecule has 0 fully saturated rings. The molecule has 3 rings (SSSR count). The Hall–Kier alpha value is -3.17. The van der Waals surface area contributed by atoms with Gasteiger partial charge in [-0.05, 0) is 19.1 Å². The van der Waals surface area contributed by atoms with E-state index < -0.39 is 11.7 Å². The van der Waals surface area contributed by atoms with Crippen LogP contribution in [0.4, 0.5) is 10.2 Å². The summed E-state index contributed by atoms with van der Waals surface area (Å²) in [5, 5.41) is 9.27. The molecular weight excluding hydrogens is 403 g/mol. The Kier molecular flexibility index (Phi) is 6.63. The molecule has 0 aliphatic rings. The fourth-order valence-corrected chi connectivity index (χ4v) is 2.64. The lowest BCUT2D eigenvalue weighted by Gasteiger charge is -2.15. The first-order chi connectivity index (χ1) is 13.9. The molecule has 0 bridgehead atoms. The number of carbonyl (C=O) groups excluding carboxylic acids is 1. The van der Waals surface area contributed by atoms with Crippen molar-refractivity contribution in [2.75, 3.05) is 19.0 Å². The van der Waals surface area contributed by atoms with Gasteiger partial charge in [0.05, 0.1) is 12.2 Å². The van der Waals surface area contributed by atoms with Crippen LogP contribution in [-0.2, 0) is 4.74 Å². The summed E-state index contributed by atoms with van der Waals surface area (Å²) in [6, 6.07) is 8.18. The summed E-state index contributed by atoms with van der Waals surface area (Å²) in [4.78, 5) is 16.8. The number of H-pyrrole nitrogens is 1. The predicted molar refractivity (Wildman–Crippen MR) is 104 cm³/mol. The quantitative estimate of drug-likeness (QED) is 0.570. The van der Waals surface area contributed by atoms with E-state index in [9.17, 15) is 9.18 Å². The van der Waals surface area contributed by atoms with E-state index >= 15 is 0 Å². The number of halogens is 2. The molecule has 152 valence electrons. The van der Waals surface area contributed by atoms with Gasteiger partial charge in [0.25, 0.3) is 5.91 Å². The van der Waals surface area contributed by atoms with Crippen molar-refractivity contribution in [3.05, 3.63) is 59.0 Å². The molecule has 0 aliphatic heterocycles. The summed E-state index contributed by atoms with van der Waals surface area (Å²) >= 11 is 5.86. The number of aromatic nitrogens is 3. The Balaban J connectivity index is 1.89. The largest absolute Gasteiger partial charge is 0.472 e. The molecule has 3 aromatic rings. The van der Waals surface area contributed by atoms with Crippen LogP contribution in [0.25, 0.3) is 0 Å². The first-order valence-corrected chi connectivity index (χ1v) is 8.93. The van der Waals surface area contributed by atoms with Gasteiger partial charge in [-0.3, -0.25) is 9.89 Å². The molecule has 0 spiro atoms. The van der Waals surface area contributed by atoms with Gasteiger partial charge in [0, 0.05) is 42.6 Å². The Morgan fingerprint density at radius 1 is 1.28 bits per heavy atom. The summed E-state index contributed by atoms with van der Waals surface area (Å²) in [5.41, 5.74) is 0.208. The highest BCUT2D eigenvalue weighted by molar-refractivity contribution is 6.30. The predicted octanol–water partition coefficient (Wildman–Crippen LogP) is 4.06. The van der Waals surface area contributed by atoms with E-state index in [1.54, 1.807) is 26.3 Å². The van der Waals surface area contributed by atoms with Gasteiger partial charge in [-0.25, -0.2) is 4.39 Å². The first kappa shape index (κ1) is 20.6. The summed E-state index contributed by atoms with van der Waals surface area (Å²) in [6.07, 6.45) is 1.25. The number of hydrogen-bond donors (Lipinski definition) is 2. The first-order valence-electron chi connectivity index (χ1n) is 8.55. The topological polar surface area (TPSA) is 98.4 Å². The number of rotatable bonds is 8. The van der Waals surface area contributed by atoms with Gasteiger partial charge in [-0.2, -0.15) is 10.1 Å². The third-order valence-corrected chi connectivity index (χ3v) is 3.78. The summed E-state index contributed by atoms with van der Waals surface area (Å²) < 4.78 is 29.9. The number of nitrogens with zero attached hydrogens (tertiary/aromatic N) is 2. The second-order valence-corrected chi connectivity index (χ2v) is 6.47. The number of methoxy groups -OCH3 is 1. The van der Waals surface area contributed by atoms with E-state index in [0.29, 0.717) is 12.4 Å². The van der Waals surface area contributed by atoms with Crippen LogP contribution in [0.1, 0.15) is 17.3 Å². The number of carbonyl (C=O) groups is 1. The van der Waals surface area contributed by atoms with Crippen molar-refractivity contribution in [1.82, 2.24) is 15.2 Å². The van der Waals surface area contributed by atoms with Crippen LogP contribution in [-0.4, -0.2) is 40.9 Å². The number of benzene rings is 1. The lowest BCUT2D eigenvalue weighted by Crippen LogP contribution is -2.19. The molecule has 0 aliphatic carbocycles. The molecule has 8 nitrogen and oxygen atoms in total. The number of hydrogen-bond acceptors (Lipinski definition) is 6. The fraction of sp³-hybridized carbons (Fsp3) is 0.211. The number of ether oxygens (including phenoxy) is 3. The standard InChI is InChI=1S/C19H18ClFN4O4/c1-11(10-27-2)28-17-5-12(19(26)23-16-3-4-22-25-16)6-18(24-17)29-15-8-13(20)7-14(21)9-15/h3-9,11H,10H2,1-2H3,(H2,22,23,25,26)/t11-/m1/s1. The lowest BCUT2D eigenvalue weighted by molar-refractivity contribution is 0.0882. The zero-order valence-electron chi connectivity index (χ0n) is 15.6. The van der Waals surface area contributed by atoms with Gasteiger partial charge in [-0.15, -0.1) is 0 Å². The average molecular weight is 421 g/mol. The minimum absolute atomic E-state index is 0.0287. The van der Waals surface area contributed by atoms with Crippen molar-refractivity contribution >= 4 is 23.3 Å². The number of amides is 1. The third-order valence-electron chi connectivity index (χ3n) is 3.56. The molecule has 0 radical (unpaired) electrons. The van der Waals surface area contributed by atoms with Gasteiger partial charge >= 0.3 is 0 Å². The number of pyridine rings is 1. The molecule has 0 saturated carbocycles. The van der Waals surface area contributed by atoms with Crippen LogP contribution < -0.4 is 14.8 Å². The summed E-state index contributed by atoms with van der Waals surface area (Å²) in [7, 11) is 1.54. The second kappa shape index (κ2) is 9.35. The zero-order valence-corrected chi connectivity index (χ0v) is 16.4. The van der Waals surface area contributed by atoms with Gasteiger partial charge in [-0.1, -0.05) is 11.6 Å². The van der Waals surface area contributed by atoms with Crippen LogP contribution in [0, 0.1) is 5.82 Å². The second-order valence-electron chi connectivity index (χ2n) is 6.04. The average Bonchev–Trinajstić information content (AvgIpc) is 3.13.